The zero-order valence-electron chi connectivity index (χ0n) is 13.6. The number of rotatable bonds is 4. The minimum Gasteiger partial charge on any atom is -0.494 e. The highest BCUT2D eigenvalue weighted by atomic mass is 19.1. The van der Waals surface area contributed by atoms with Gasteiger partial charge in [-0.25, -0.2) is 4.39 Å². The van der Waals surface area contributed by atoms with Crippen LogP contribution in [0.15, 0.2) is 29.1 Å². The fourth-order valence-electron chi connectivity index (χ4n) is 2.54. The Morgan fingerprint density at radius 2 is 2.00 bits per heavy atom. The fraction of sp³-hybridized carbons (Fsp3) is 0.278. The Labute approximate surface area is 138 Å². The summed E-state index contributed by atoms with van der Waals surface area (Å²) in [7, 11) is 0. The Hall–Kier alpha value is -2.94. The van der Waals surface area contributed by atoms with E-state index in [1.54, 1.807) is 6.07 Å². The molecule has 0 amide bonds. The van der Waals surface area contributed by atoms with Crippen LogP contribution >= 0.6 is 0 Å². The molecule has 1 aromatic heterocycles. The van der Waals surface area contributed by atoms with Gasteiger partial charge in [0.25, 0.3) is 5.56 Å². The Kier molecular flexibility index (Phi) is 4.84. The maximum Gasteiger partial charge on any atom is 0.271 e. The predicted octanol–water partition coefficient (Wildman–Crippen LogP) is 2.76. The van der Waals surface area contributed by atoms with Gasteiger partial charge in [0.15, 0.2) is 0 Å². The maximum atomic E-state index is 13.9. The summed E-state index contributed by atoms with van der Waals surface area (Å²) in [5, 5.41) is 19.7. The number of pyridine rings is 1. The van der Waals surface area contributed by atoms with Crippen LogP contribution in [-0.4, -0.2) is 15.5 Å². The van der Waals surface area contributed by atoms with Crippen molar-refractivity contribution in [3.05, 3.63) is 62.7 Å². The molecule has 124 valence electrons. The maximum absolute atomic E-state index is 13.9. The number of carbonyl (C=O) groups is 1. The predicted molar refractivity (Wildman–Crippen MR) is 86.5 cm³/mol. The molecule has 2 rings (SSSR count). The lowest BCUT2D eigenvalue weighted by Crippen LogP contribution is -2.28. The largest absolute Gasteiger partial charge is 0.494 e. The molecule has 0 aliphatic rings. The minimum absolute atomic E-state index is 0.000683. The SMILES string of the molecule is Cc1c(C(=O)c2ccccc2F)c(O)n(CC(C)C)c(=O)c1C#N. The summed E-state index contributed by atoms with van der Waals surface area (Å²) in [5.41, 5.74) is -1.29. The number of nitrogens with zero attached hydrogens (tertiary/aromatic N) is 2. The zero-order valence-corrected chi connectivity index (χ0v) is 13.6. The zero-order chi connectivity index (χ0) is 18.0. The topological polar surface area (TPSA) is 83.1 Å². The molecular formula is C18H17FN2O3. The molecule has 1 aromatic carbocycles. The lowest BCUT2D eigenvalue weighted by molar-refractivity contribution is 0.103. The molecule has 0 atom stereocenters. The molecule has 0 unspecified atom stereocenters. The van der Waals surface area contributed by atoms with Gasteiger partial charge in [-0.3, -0.25) is 14.2 Å². The summed E-state index contributed by atoms with van der Waals surface area (Å²) in [5.74, 6) is -2.05. The number of carbonyl (C=O) groups excluding carboxylic acids is 1. The summed E-state index contributed by atoms with van der Waals surface area (Å²) in [6.07, 6.45) is 0. The molecule has 2 aromatic rings. The number of nitriles is 1. The monoisotopic (exact) mass is 328 g/mol. The summed E-state index contributed by atoms with van der Waals surface area (Å²) < 4.78 is 14.9. The molecule has 0 spiro atoms. The van der Waals surface area contributed by atoms with E-state index in [1.807, 2.05) is 13.8 Å². The Morgan fingerprint density at radius 1 is 1.38 bits per heavy atom. The van der Waals surface area contributed by atoms with Crippen LogP contribution in [0.2, 0.25) is 0 Å². The van der Waals surface area contributed by atoms with Crippen LogP contribution in [0.25, 0.3) is 0 Å². The van der Waals surface area contributed by atoms with E-state index < -0.39 is 23.0 Å². The molecular weight excluding hydrogens is 311 g/mol. The van der Waals surface area contributed by atoms with E-state index in [0.29, 0.717) is 0 Å². The van der Waals surface area contributed by atoms with E-state index in [0.717, 1.165) is 10.6 Å². The summed E-state index contributed by atoms with van der Waals surface area (Å²) in [6, 6.07) is 7.14. The normalized spacial score (nSPS) is 10.7. The van der Waals surface area contributed by atoms with Gasteiger partial charge in [0.2, 0.25) is 11.7 Å². The highest BCUT2D eigenvalue weighted by Crippen LogP contribution is 2.26. The molecule has 0 fully saturated rings. The molecule has 0 aliphatic carbocycles. The molecule has 0 aliphatic heterocycles. The number of hydrogen-bond donors (Lipinski definition) is 1. The molecule has 0 saturated heterocycles. The molecule has 5 nitrogen and oxygen atoms in total. The van der Waals surface area contributed by atoms with Crippen molar-refractivity contribution in [2.75, 3.05) is 0 Å². The Bertz CT molecular complexity index is 908. The third kappa shape index (κ3) is 2.93. The third-order valence-corrected chi connectivity index (χ3v) is 3.69. The fourth-order valence-corrected chi connectivity index (χ4v) is 2.54. The van der Waals surface area contributed by atoms with Crippen LogP contribution < -0.4 is 5.56 Å². The second-order valence-corrected chi connectivity index (χ2v) is 5.93. The first kappa shape index (κ1) is 17.4. The second-order valence-electron chi connectivity index (χ2n) is 5.93. The van der Waals surface area contributed by atoms with Crippen molar-refractivity contribution < 1.29 is 14.3 Å². The van der Waals surface area contributed by atoms with E-state index in [9.17, 15) is 24.3 Å². The van der Waals surface area contributed by atoms with Crippen molar-refractivity contribution in [3.8, 4) is 11.9 Å². The van der Waals surface area contributed by atoms with E-state index >= 15 is 0 Å². The number of aromatic nitrogens is 1. The van der Waals surface area contributed by atoms with Crippen molar-refractivity contribution in [1.29, 1.82) is 5.26 Å². The van der Waals surface area contributed by atoms with Crippen LogP contribution in [-0.2, 0) is 6.54 Å². The van der Waals surface area contributed by atoms with E-state index in [-0.39, 0.29) is 34.7 Å². The van der Waals surface area contributed by atoms with Gasteiger partial charge in [-0.2, -0.15) is 5.26 Å². The van der Waals surface area contributed by atoms with Crippen molar-refractivity contribution in [2.24, 2.45) is 5.92 Å². The van der Waals surface area contributed by atoms with Crippen LogP contribution in [0, 0.1) is 30.0 Å². The van der Waals surface area contributed by atoms with Crippen molar-refractivity contribution in [1.82, 2.24) is 4.57 Å². The van der Waals surface area contributed by atoms with Crippen molar-refractivity contribution >= 4 is 5.78 Å². The van der Waals surface area contributed by atoms with E-state index in [1.165, 1.54) is 25.1 Å². The molecule has 0 radical (unpaired) electrons. The molecule has 1 heterocycles. The molecule has 0 saturated carbocycles. The minimum atomic E-state index is -0.767. The number of benzene rings is 1. The van der Waals surface area contributed by atoms with Gasteiger partial charge in [0.05, 0.1) is 11.1 Å². The first-order chi connectivity index (χ1) is 11.3. The highest BCUT2D eigenvalue weighted by molar-refractivity contribution is 6.11. The van der Waals surface area contributed by atoms with Crippen molar-refractivity contribution in [2.45, 2.75) is 27.3 Å². The number of hydrogen-bond acceptors (Lipinski definition) is 4. The second kappa shape index (κ2) is 6.67. The summed E-state index contributed by atoms with van der Waals surface area (Å²) in [6.45, 7) is 5.19. The van der Waals surface area contributed by atoms with Gasteiger partial charge in [0, 0.05) is 6.54 Å². The van der Waals surface area contributed by atoms with Gasteiger partial charge in [-0.05, 0) is 30.5 Å². The van der Waals surface area contributed by atoms with Gasteiger partial charge in [-0.1, -0.05) is 26.0 Å². The average molecular weight is 328 g/mol. The quantitative estimate of drug-likeness (QED) is 0.875. The molecule has 6 heteroatoms. The van der Waals surface area contributed by atoms with Crippen LogP contribution in [0.5, 0.6) is 5.88 Å². The lowest BCUT2D eigenvalue weighted by atomic mass is 9.96. The standard InChI is InChI=1S/C18H17FN2O3/c1-10(2)9-21-17(23)13(8-20)11(3)15(18(21)24)16(22)12-6-4-5-7-14(12)19/h4-7,10,24H,9H2,1-3H3. The number of ketones is 1. The highest BCUT2D eigenvalue weighted by Gasteiger charge is 2.26. The summed E-state index contributed by atoms with van der Waals surface area (Å²) in [4.78, 5) is 25.1. The van der Waals surface area contributed by atoms with Gasteiger partial charge < -0.3 is 5.11 Å². The molecule has 24 heavy (non-hydrogen) atoms. The first-order valence-electron chi connectivity index (χ1n) is 7.45. The first-order valence-corrected chi connectivity index (χ1v) is 7.45. The van der Waals surface area contributed by atoms with E-state index in [4.69, 9.17) is 0 Å². The average Bonchev–Trinajstić information content (AvgIpc) is 2.52. The third-order valence-electron chi connectivity index (χ3n) is 3.69. The van der Waals surface area contributed by atoms with E-state index in [2.05, 4.69) is 0 Å². The van der Waals surface area contributed by atoms with Gasteiger partial charge in [-0.15, -0.1) is 0 Å². The summed E-state index contributed by atoms with van der Waals surface area (Å²) >= 11 is 0. The van der Waals surface area contributed by atoms with Crippen LogP contribution in [0.4, 0.5) is 4.39 Å². The van der Waals surface area contributed by atoms with Gasteiger partial charge >= 0.3 is 0 Å². The molecule has 1 N–H and O–H groups in total. The van der Waals surface area contributed by atoms with Crippen LogP contribution in [0.3, 0.4) is 0 Å². The lowest BCUT2D eigenvalue weighted by Gasteiger charge is -2.17. The Balaban J connectivity index is 2.79. The molecule has 0 bridgehead atoms. The Morgan fingerprint density at radius 3 is 2.54 bits per heavy atom. The van der Waals surface area contributed by atoms with Crippen LogP contribution in [0.1, 0.15) is 40.9 Å². The smallest absolute Gasteiger partial charge is 0.271 e. The number of halogens is 1. The van der Waals surface area contributed by atoms with Crippen molar-refractivity contribution in [3.63, 3.8) is 0 Å². The van der Waals surface area contributed by atoms with Gasteiger partial charge in [0.1, 0.15) is 17.4 Å². The number of aromatic hydroxyl groups is 1.